The molecule has 3 nitrogen and oxygen atoms in total. The molecule has 0 radical (unpaired) electrons. The molecule has 2 N–H and O–H groups in total. The maximum atomic E-state index is 5.57. The number of hydrogen-bond donors (Lipinski definition) is 1. The molecule has 0 saturated heterocycles. The van der Waals surface area contributed by atoms with Crippen molar-refractivity contribution in [1.82, 2.24) is 9.78 Å². The molecule has 0 amide bonds. The van der Waals surface area contributed by atoms with Crippen LogP contribution in [0.5, 0.6) is 0 Å². The Morgan fingerprint density at radius 1 is 1.64 bits per heavy atom. The molecule has 0 fully saturated rings. The van der Waals surface area contributed by atoms with E-state index in [1.165, 1.54) is 5.56 Å². The third-order valence-corrected chi connectivity index (χ3v) is 1.91. The second-order valence-corrected chi connectivity index (χ2v) is 3.03. The summed E-state index contributed by atoms with van der Waals surface area (Å²) < 4.78 is 1.84. The van der Waals surface area contributed by atoms with Crippen molar-refractivity contribution in [2.75, 3.05) is 0 Å². The molecule has 0 spiro atoms. The minimum atomic E-state index is 0.516. The van der Waals surface area contributed by atoms with Crippen LogP contribution in [0.25, 0.3) is 0 Å². The molecule has 1 aromatic rings. The van der Waals surface area contributed by atoms with Crippen LogP contribution in [0.4, 0.5) is 0 Å². The van der Waals surface area contributed by atoms with Crippen molar-refractivity contribution in [3.05, 3.63) is 17.5 Å². The maximum absolute atomic E-state index is 5.57. The van der Waals surface area contributed by atoms with Gasteiger partial charge >= 0.3 is 0 Å². The largest absolute Gasteiger partial charge is 0.325 e. The number of hydrogen-bond acceptors (Lipinski definition) is 2. The standard InChI is InChI=1S/C8H15N3/c1-6(2)7-5-10-11(3)8(7)4-9/h5-6H,4,9H2,1-3H3. The summed E-state index contributed by atoms with van der Waals surface area (Å²) in [7, 11) is 1.92. The van der Waals surface area contributed by atoms with Gasteiger partial charge in [-0.25, -0.2) is 0 Å². The van der Waals surface area contributed by atoms with Gasteiger partial charge in [0.15, 0.2) is 0 Å². The Balaban J connectivity index is 3.05. The van der Waals surface area contributed by atoms with Gasteiger partial charge < -0.3 is 5.73 Å². The number of nitrogens with two attached hydrogens (primary N) is 1. The predicted octanol–water partition coefficient (Wildman–Crippen LogP) is 1.00. The van der Waals surface area contributed by atoms with E-state index in [1.807, 2.05) is 17.9 Å². The van der Waals surface area contributed by atoms with E-state index in [-0.39, 0.29) is 0 Å². The minimum Gasteiger partial charge on any atom is -0.325 e. The number of rotatable bonds is 2. The molecule has 62 valence electrons. The van der Waals surface area contributed by atoms with Gasteiger partial charge in [0.2, 0.25) is 0 Å². The molecule has 11 heavy (non-hydrogen) atoms. The molecule has 0 aliphatic rings. The lowest BCUT2D eigenvalue weighted by molar-refractivity contribution is 0.702. The summed E-state index contributed by atoms with van der Waals surface area (Å²) in [6.07, 6.45) is 1.90. The van der Waals surface area contributed by atoms with Crippen LogP contribution in [-0.4, -0.2) is 9.78 Å². The van der Waals surface area contributed by atoms with Crippen LogP contribution < -0.4 is 5.73 Å². The van der Waals surface area contributed by atoms with Crippen LogP contribution >= 0.6 is 0 Å². The van der Waals surface area contributed by atoms with Gasteiger partial charge in [-0.3, -0.25) is 4.68 Å². The fourth-order valence-electron chi connectivity index (χ4n) is 1.21. The first-order chi connectivity index (χ1) is 5.16. The van der Waals surface area contributed by atoms with E-state index in [0.717, 1.165) is 5.69 Å². The molecule has 3 heteroatoms. The topological polar surface area (TPSA) is 43.8 Å². The molecule has 0 aliphatic carbocycles. The van der Waals surface area contributed by atoms with Gasteiger partial charge in [0.05, 0.1) is 11.9 Å². The summed E-state index contributed by atoms with van der Waals surface area (Å²) >= 11 is 0. The lowest BCUT2D eigenvalue weighted by Crippen LogP contribution is -2.07. The quantitative estimate of drug-likeness (QED) is 0.689. The third kappa shape index (κ3) is 1.43. The zero-order chi connectivity index (χ0) is 8.43. The highest BCUT2D eigenvalue weighted by molar-refractivity contribution is 5.20. The Kier molecular flexibility index (Phi) is 2.29. The number of nitrogens with zero attached hydrogens (tertiary/aromatic N) is 2. The average molecular weight is 153 g/mol. The first kappa shape index (κ1) is 8.27. The number of aromatic nitrogens is 2. The smallest absolute Gasteiger partial charge is 0.0551 e. The molecule has 0 aliphatic heterocycles. The summed E-state index contributed by atoms with van der Waals surface area (Å²) in [4.78, 5) is 0. The Morgan fingerprint density at radius 3 is 2.64 bits per heavy atom. The monoisotopic (exact) mass is 153 g/mol. The molecule has 1 heterocycles. The predicted molar refractivity (Wildman–Crippen MR) is 45.2 cm³/mol. The fraction of sp³-hybridized carbons (Fsp3) is 0.625. The van der Waals surface area contributed by atoms with Gasteiger partial charge in [0, 0.05) is 13.6 Å². The van der Waals surface area contributed by atoms with Gasteiger partial charge in [0.25, 0.3) is 0 Å². The summed E-state index contributed by atoms with van der Waals surface area (Å²) in [6.45, 7) is 4.87. The Bertz CT molecular complexity index is 237. The van der Waals surface area contributed by atoms with Gasteiger partial charge in [0.1, 0.15) is 0 Å². The molecule has 0 atom stereocenters. The van der Waals surface area contributed by atoms with Crippen molar-refractivity contribution in [3.8, 4) is 0 Å². The van der Waals surface area contributed by atoms with E-state index < -0.39 is 0 Å². The van der Waals surface area contributed by atoms with Crippen LogP contribution in [-0.2, 0) is 13.6 Å². The van der Waals surface area contributed by atoms with Crippen molar-refractivity contribution < 1.29 is 0 Å². The zero-order valence-corrected chi connectivity index (χ0v) is 7.33. The molecule has 0 bridgehead atoms. The molecular weight excluding hydrogens is 138 g/mol. The molecule has 0 aromatic carbocycles. The van der Waals surface area contributed by atoms with E-state index in [9.17, 15) is 0 Å². The van der Waals surface area contributed by atoms with E-state index in [4.69, 9.17) is 5.73 Å². The van der Waals surface area contributed by atoms with Crippen molar-refractivity contribution in [1.29, 1.82) is 0 Å². The normalized spacial score (nSPS) is 11.0. The summed E-state index contributed by atoms with van der Waals surface area (Å²) in [5, 5.41) is 4.15. The Hall–Kier alpha value is -0.830. The van der Waals surface area contributed by atoms with E-state index in [0.29, 0.717) is 12.5 Å². The average Bonchev–Trinajstić information content (AvgIpc) is 2.30. The molecule has 0 saturated carbocycles. The highest BCUT2D eigenvalue weighted by Crippen LogP contribution is 2.17. The van der Waals surface area contributed by atoms with E-state index in [1.54, 1.807) is 0 Å². The van der Waals surface area contributed by atoms with Crippen LogP contribution in [0.15, 0.2) is 6.20 Å². The second-order valence-electron chi connectivity index (χ2n) is 3.03. The lowest BCUT2D eigenvalue weighted by atomic mass is 10.0. The Labute approximate surface area is 67.2 Å². The van der Waals surface area contributed by atoms with Crippen LogP contribution in [0.3, 0.4) is 0 Å². The molecule has 1 rings (SSSR count). The zero-order valence-electron chi connectivity index (χ0n) is 7.33. The lowest BCUT2D eigenvalue weighted by Gasteiger charge is -2.05. The van der Waals surface area contributed by atoms with E-state index >= 15 is 0 Å². The first-order valence-electron chi connectivity index (χ1n) is 3.87. The van der Waals surface area contributed by atoms with Gasteiger partial charge in [-0.2, -0.15) is 5.10 Å². The van der Waals surface area contributed by atoms with Crippen LogP contribution in [0, 0.1) is 0 Å². The highest BCUT2D eigenvalue weighted by atomic mass is 15.3. The molecule has 0 unspecified atom stereocenters. The van der Waals surface area contributed by atoms with Crippen LogP contribution in [0.1, 0.15) is 31.0 Å². The van der Waals surface area contributed by atoms with Crippen molar-refractivity contribution >= 4 is 0 Å². The fourth-order valence-corrected chi connectivity index (χ4v) is 1.21. The first-order valence-corrected chi connectivity index (χ1v) is 3.87. The Morgan fingerprint density at radius 2 is 2.27 bits per heavy atom. The number of aryl methyl sites for hydroxylation is 1. The highest BCUT2D eigenvalue weighted by Gasteiger charge is 2.08. The van der Waals surface area contributed by atoms with Gasteiger partial charge in [-0.1, -0.05) is 13.8 Å². The van der Waals surface area contributed by atoms with Gasteiger partial charge in [-0.05, 0) is 11.5 Å². The van der Waals surface area contributed by atoms with Crippen molar-refractivity contribution in [2.45, 2.75) is 26.3 Å². The second kappa shape index (κ2) is 3.05. The molecule has 1 aromatic heterocycles. The maximum Gasteiger partial charge on any atom is 0.0551 e. The van der Waals surface area contributed by atoms with Crippen molar-refractivity contribution in [2.24, 2.45) is 12.8 Å². The molecular formula is C8H15N3. The summed E-state index contributed by atoms with van der Waals surface area (Å²) in [5.74, 6) is 0.516. The SMILES string of the molecule is CC(C)c1cnn(C)c1CN. The third-order valence-electron chi connectivity index (χ3n) is 1.91. The summed E-state index contributed by atoms with van der Waals surface area (Å²) in [6, 6.07) is 0. The van der Waals surface area contributed by atoms with Gasteiger partial charge in [-0.15, -0.1) is 0 Å². The van der Waals surface area contributed by atoms with Crippen molar-refractivity contribution in [3.63, 3.8) is 0 Å². The van der Waals surface area contributed by atoms with E-state index in [2.05, 4.69) is 18.9 Å². The van der Waals surface area contributed by atoms with Crippen LogP contribution in [0.2, 0.25) is 0 Å². The minimum absolute atomic E-state index is 0.516. The summed E-state index contributed by atoms with van der Waals surface area (Å²) in [5.41, 5.74) is 7.97.